The third-order valence-electron chi connectivity index (χ3n) is 9.19. The molecular formula is C30H37F4N3O3. The van der Waals surface area contributed by atoms with Crippen LogP contribution < -0.4 is 20.1 Å². The molecule has 0 spiro atoms. The lowest BCUT2D eigenvalue weighted by atomic mass is 9.64. The van der Waals surface area contributed by atoms with Crippen molar-refractivity contribution in [2.75, 3.05) is 26.1 Å². The minimum Gasteiger partial charge on any atom is -0.493 e. The topological polar surface area (TPSA) is 62.8 Å². The number of methoxy groups -OCH3 is 2. The summed E-state index contributed by atoms with van der Waals surface area (Å²) in [5.74, 6) is -0.123. The first-order valence-electron chi connectivity index (χ1n) is 14.1. The summed E-state index contributed by atoms with van der Waals surface area (Å²) in [5.41, 5.74) is -0.814. The summed E-state index contributed by atoms with van der Waals surface area (Å²) in [6, 6.07) is 8.79. The molecule has 6 nitrogen and oxygen atoms in total. The number of fused-ring (bicyclic) bond motifs is 1. The van der Waals surface area contributed by atoms with E-state index in [0.717, 1.165) is 44.4 Å². The lowest BCUT2D eigenvalue weighted by Gasteiger charge is -2.47. The molecule has 1 heterocycles. The van der Waals surface area contributed by atoms with Crippen LogP contribution in [0.2, 0.25) is 0 Å². The van der Waals surface area contributed by atoms with Crippen LogP contribution in [0.1, 0.15) is 68.9 Å². The zero-order chi connectivity index (χ0) is 28.5. The fraction of sp³-hybridized carbons (Fsp3) is 0.567. The Morgan fingerprint density at radius 3 is 2.45 bits per heavy atom. The van der Waals surface area contributed by atoms with E-state index in [1.165, 1.54) is 24.8 Å². The van der Waals surface area contributed by atoms with Crippen LogP contribution in [-0.4, -0.2) is 49.8 Å². The van der Waals surface area contributed by atoms with Crippen molar-refractivity contribution in [2.45, 2.75) is 87.5 Å². The molecule has 2 N–H and O–H groups in total. The summed E-state index contributed by atoms with van der Waals surface area (Å²) in [5, 5.41) is 5.23. The predicted molar refractivity (Wildman–Crippen MR) is 144 cm³/mol. The zero-order valence-electron chi connectivity index (χ0n) is 23.0. The van der Waals surface area contributed by atoms with Crippen LogP contribution in [0.25, 0.3) is 0 Å². The van der Waals surface area contributed by atoms with E-state index in [1.54, 1.807) is 14.2 Å². The molecule has 2 amide bonds. The largest absolute Gasteiger partial charge is 0.493 e. The van der Waals surface area contributed by atoms with Crippen LogP contribution >= 0.6 is 0 Å². The highest BCUT2D eigenvalue weighted by atomic mass is 19.4. The van der Waals surface area contributed by atoms with E-state index in [4.69, 9.17) is 9.47 Å². The molecule has 3 aliphatic rings. The highest BCUT2D eigenvalue weighted by Crippen LogP contribution is 2.52. The SMILES string of the molecule is COc1ccc([C@@]23CC[C@@H](NC(=O)Nc4cccc(C(F)(F)F)c4F)C[C@@H]2N(C2CCCCC2)CC3)cc1OC. The molecule has 10 heteroatoms. The van der Waals surface area contributed by atoms with Crippen LogP contribution in [0, 0.1) is 5.82 Å². The smallest absolute Gasteiger partial charge is 0.419 e. The minimum absolute atomic E-state index is 0.112. The van der Waals surface area contributed by atoms with Gasteiger partial charge >= 0.3 is 12.2 Å². The van der Waals surface area contributed by atoms with Crippen LogP contribution in [0.4, 0.5) is 28.0 Å². The monoisotopic (exact) mass is 563 g/mol. The number of rotatable bonds is 6. The van der Waals surface area contributed by atoms with Crippen LogP contribution in [0.5, 0.6) is 11.5 Å². The second-order valence-electron chi connectivity index (χ2n) is 11.3. The summed E-state index contributed by atoms with van der Waals surface area (Å²) in [4.78, 5) is 15.5. The molecule has 3 atom stereocenters. The number of anilines is 1. The van der Waals surface area contributed by atoms with Gasteiger partial charge in [0.05, 0.1) is 25.5 Å². The lowest BCUT2D eigenvalue weighted by Crippen LogP contribution is -2.55. The lowest BCUT2D eigenvalue weighted by molar-refractivity contribution is -0.139. The molecule has 1 saturated heterocycles. The van der Waals surface area contributed by atoms with Gasteiger partial charge in [-0.2, -0.15) is 13.2 Å². The Bertz CT molecular complexity index is 1220. The maximum absolute atomic E-state index is 14.5. The number of urea groups is 1. The number of carbonyl (C=O) groups is 1. The van der Waals surface area contributed by atoms with E-state index in [9.17, 15) is 22.4 Å². The molecule has 0 radical (unpaired) electrons. The van der Waals surface area contributed by atoms with E-state index < -0.39 is 29.3 Å². The van der Waals surface area contributed by atoms with Gasteiger partial charge in [-0.25, -0.2) is 9.18 Å². The first kappa shape index (κ1) is 28.5. The number of hydrogen-bond acceptors (Lipinski definition) is 4. The third-order valence-corrected chi connectivity index (χ3v) is 9.19. The molecule has 218 valence electrons. The molecule has 2 aliphatic carbocycles. The Labute approximate surface area is 232 Å². The summed E-state index contributed by atoms with van der Waals surface area (Å²) < 4.78 is 65.0. The third kappa shape index (κ3) is 5.47. The maximum Gasteiger partial charge on any atom is 0.419 e. The maximum atomic E-state index is 14.5. The van der Waals surface area contributed by atoms with Crippen molar-refractivity contribution in [3.05, 3.63) is 53.3 Å². The second-order valence-corrected chi connectivity index (χ2v) is 11.3. The number of ether oxygens (including phenoxy) is 2. The van der Waals surface area contributed by atoms with Crippen molar-refractivity contribution in [3.8, 4) is 11.5 Å². The molecule has 1 aliphatic heterocycles. The summed E-state index contributed by atoms with van der Waals surface area (Å²) >= 11 is 0. The molecular weight excluding hydrogens is 526 g/mol. The van der Waals surface area contributed by atoms with E-state index in [0.29, 0.717) is 36.4 Å². The van der Waals surface area contributed by atoms with Gasteiger partial charge in [0.1, 0.15) is 0 Å². The van der Waals surface area contributed by atoms with Crippen molar-refractivity contribution in [3.63, 3.8) is 0 Å². The van der Waals surface area contributed by atoms with E-state index >= 15 is 0 Å². The fourth-order valence-electron chi connectivity index (χ4n) is 7.24. The second kappa shape index (κ2) is 11.5. The van der Waals surface area contributed by atoms with Gasteiger partial charge in [0.2, 0.25) is 0 Å². The van der Waals surface area contributed by atoms with Crippen LogP contribution in [0.3, 0.4) is 0 Å². The number of hydrogen-bond donors (Lipinski definition) is 2. The van der Waals surface area contributed by atoms with Gasteiger partial charge in [0.15, 0.2) is 17.3 Å². The predicted octanol–water partition coefficient (Wildman–Crippen LogP) is 6.88. The Morgan fingerprint density at radius 1 is 1.00 bits per heavy atom. The van der Waals surface area contributed by atoms with Crippen molar-refractivity contribution in [1.29, 1.82) is 0 Å². The average molecular weight is 564 g/mol. The number of carbonyl (C=O) groups excluding carboxylic acids is 1. The van der Waals surface area contributed by atoms with Gasteiger partial charge in [-0.15, -0.1) is 0 Å². The summed E-state index contributed by atoms with van der Waals surface area (Å²) in [6.07, 6.45) is 4.38. The zero-order valence-corrected chi connectivity index (χ0v) is 23.0. The van der Waals surface area contributed by atoms with Crippen LogP contribution in [0.15, 0.2) is 36.4 Å². The fourth-order valence-corrected chi connectivity index (χ4v) is 7.24. The van der Waals surface area contributed by atoms with E-state index in [1.807, 2.05) is 6.07 Å². The molecule has 0 unspecified atom stereocenters. The minimum atomic E-state index is -4.85. The number of amides is 2. The number of nitrogens with zero attached hydrogens (tertiary/aromatic N) is 1. The van der Waals surface area contributed by atoms with Gasteiger partial charge in [0, 0.05) is 23.5 Å². The number of alkyl halides is 3. The molecule has 40 heavy (non-hydrogen) atoms. The quantitative estimate of drug-likeness (QED) is 0.376. The van der Waals surface area contributed by atoms with Crippen molar-refractivity contribution in [2.24, 2.45) is 0 Å². The summed E-state index contributed by atoms with van der Waals surface area (Å²) in [6.45, 7) is 0.970. The standard InChI is InChI=1S/C30H37F4N3O3/c1-39-24-12-11-19(17-25(24)40-2)29-14-13-20(18-26(29)37(16-15-29)21-7-4-3-5-8-21)35-28(38)36-23-10-6-9-22(27(23)31)30(32,33)34/h6,9-12,17,20-21,26H,3-5,7-8,13-16,18H2,1-2H3,(H2,35,36,38)/t20-,26+,29+/m1/s1. The highest BCUT2D eigenvalue weighted by Gasteiger charge is 2.53. The number of benzene rings is 2. The molecule has 0 aromatic heterocycles. The van der Waals surface area contributed by atoms with Gasteiger partial charge in [0.25, 0.3) is 0 Å². The number of nitrogens with one attached hydrogen (secondary N) is 2. The number of likely N-dealkylation sites (tertiary alicyclic amines) is 1. The molecule has 2 aromatic carbocycles. The van der Waals surface area contributed by atoms with Gasteiger partial charge < -0.3 is 20.1 Å². The highest BCUT2D eigenvalue weighted by molar-refractivity contribution is 5.89. The Kier molecular flexibility index (Phi) is 8.17. The Morgan fingerprint density at radius 2 is 1.75 bits per heavy atom. The Hall–Kier alpha value is -3.01. The van der Waals surface area contributed by atoms with Crippen molar-refractivity contribution >= 4 is 11.7 Å². The first-order valence-corrected chi connectivity index (χ1v) is 14.1. The average Bonchev–Trinajstić information content (AvgIpc) is 3.33. The van der Waals surface area contributed by atoms with E-state index in [2.05, 4.69) is 27.7 Å². The first-order chi connectivity index (χ1) is 19.2. The molecule has 3 fully saturated rings. The van der Waals surface area contributed by atoms with Crippen molar-refractivity contribution < 1.29 is 31.8 Å². The van der Waals surface area contributed by atoms with Gasteiger partial charge in [-0.1, -0.05) is 31.4 Å². The van der Waals surface area contributed by atoms with Gasteiger partial charge in [-0.3, -0.25) is 4.90 Å². The van der Waals surface area contributed by atoms with E-state index in [-0.39, 0.29) is 17.5 Å². The molecule has 2 aromatic rings. The van der Waals surface area contributed by atoms with Crippen LogP contribution in [-0.2, 0) is 11.6 Å². The summed E-state index contributed by atoms with van der Waals surface area (Å²) in [7, 11) is 3.25. The molecule has 0 bridgehead atoms. The van der Waals surface area contributed by atoms with Gasteiger partial charge in [-0.05, 0) is 74.9 Å². The number of halogens is 4. The van der Waals surface area contributed by atoms with Crippen molar-refractivity contribution in [1.82, 2.24) is 10.2 Å². The molecule has 5 rings (SSSR count). The normalized spacial score (nSPS) is 25.8. The Balaban J connectivity index is 1.36. The molecule has 2 saturated carbocycles.